The van der Waals surface area contributed by atoms with Crippen LogP contribution in [-0.4, -0.2) is 6.04 Å². The van der Waals surface area contributed by atoms with E-state index in [0.717, 1.165) is 6.54 Å². The Balaban J connectivity index is 1.83. The average molecular weight is 299 g/mol. The zero-order chi connectivity index (χ0) is 15.6. The van der Waals surface area contributed by atoms with Crippen LogP contribution in [0.5, 0.6) is 0 Å². The summed E-state index contributed by atoms with van der Waals surface area (Å²) in [5.41, 5.74) is 5.60. The van der Waals surface area contributed by atoms with Gasteiger partial charge in [-0.3, -0.25) is 0 Å². The lowest BCUT2D eigenvalue weighted by Crippen LogP contribution is -2.42. The highest BCUT2D eigenvalue weighted by Crippen LogP contribution is 2.39. The summed E-state index contributed by atoms with van der Waals surface area (Å²) in [6.45, 7) is 3.32. The molecule has 1 nitrogen and oxygen atoms in total. The number of nitrogens with zero attached hydrogens (tertiary/aromatic N) is 1. The Kier molecular flexibility index (Phi) is 3.63. The average Bonchev–Trinajstić information content (AvgIpc) is 2.63. The normalized spacial score (nSPS) is 20.1. The number of hydrogen-bond acceptors (Lipinski definition) is 1. The lowest BCUT2D eigenvalue weighted by Gasteiger charge is -2.42. The molecule has 0 bridgehead atoms. The van der Waals surface area contributed by atoms with E-state index < -0.39 is 0 Å². The predicted octanol–water partition coefficient (Wildman–Crippen LogP) is 5.23. The minimum Gasteiger partial charge on any atom is -0.364 e. The van der Waals surface area contributed by atoms with E-state index in [1.54, 1.807) is 0 Å². The van der Waals surface area contributed by atoms with E-state index in [2.05, 4.69) is 96.8 Å². The fourth-order valence-corrected chi connectivity index (χ4v) is 3.81. The molecule has 3 aromatic carbocycles. The molecule has 4 rings (SSSR count). The van der Waals surface area contributed by atoms with Gasteiger partial charge in [-0.25, -0.2) is 0 Å². The van der Waals surface area contributed by atoms with Gasteiger partial charge in [0.2, 0.25) is 0 Å². The van der Waals surface area contributed by atoms with Gasteiger partial charge in [0.15, 0.2) is 0 Å². The van der Waals surface area contributed by atoms with Gasteiger partial charge in [-0.15, -0.1) is 0 Å². The maximum atomic E-state index is 2.53. The third-order valence-electron chi connectivity index (χ3n) is 4.95. The van der Waals surface area contributed by atoms with Crippen LogP contribution in [0.2, 0.25) is 0 Å². The minimum absolute atomic E-state index is 0.404. The highest BCUT2D eigenvalue weighted by molar-refractivity contribution is 5.54. The molecule has 1 aliphatic heterocycles. The van der Waals surface area contributed by atoms with Gasteiger partial charge >= 0.3 is 0 Å². The summed E-state index contributed by atoms with van der Waals surface area (Å²) < 4.78 is 0. The van der Waals surface area contributed by atoms with Crippen LogP contribution in [0.4, 0.5) is 5.69 Å². The molecular weight excluding hydrogens is 278 g/mol. The molecule has 2 atom stereocenters. The monoisotopic (exact) mass is 299 g/mol. The van der Waals surface area contributed by atoms with Gasteiger partial charge < -0.3 is 4.90 Å². The lowest BCUT2D eigenvalue weighted by atomic mass is 9.79. The Morgan fingerprint density at radius 3 is 2.09 bits per heavy atom. The Labute approximate surface area is 138 Å². The Bertz CT molecular complexity index is 779. The lowest BCUT2D eigenvalue weighted by molar-refractivity contribution is 0.535. The van der Waals surface area contributed by atoms with E-state index in [9.17, 15) is 0 Å². The third-order valence-corrected chi connectivity index (χ3v) is 4.95. The topological polar surface area (TPSA) is 3.24 Å². The predicted molar refractivity (Wildman–Crippen MR) is 96.8 cm³/mol. The minimum atomic E-state index is 0.404. The first-order chi connectivity index (χ1) is 11.3. The number of hydrogen-bond donors (Lipinski definition) is 0. The molecule has 0 amide bonds. The zero-order valence-electron chi connectivity index (χ0n) is 13.4. The highest BCUT2D eigenvalue weighted by Gasteiger charge is 2.32. The van der Waals surface area contributed by atoms with Gasteiger partial charge in [-0.05, 0) is 35.7 Å². The van der Waals surface area contributed by atoms with E-state index in [-0.39, 0.29) is 0 Å². The SMILES string of the molecule is C[C@H]1[C@@H](c2ccccc2)c2ccccc2CN1c1ccccc1. The Morgan fingerprint density at radius 2 is 1.35 bits per heavy atom. The summed E-state index contributed by atoms with van der Waals surface area (Å²) >= 11 is 0. The smallest absolute Gasteiger partial charge is 0.0435 e. The van der Waals surface area contributed by atoms with E-state index in [1.807, 2.05) is 0 Å². The van der Waals surface area contributed by atoms with Crippen molar-refractivity contribution >= 4 is 5.69 Å². The molecule has 0 saturated heterocycles. The second kappa shape index (κ2) is 5.92. The van der Waals surface area contributed by atoms with Crippen molar-refractivity contribution in [1.82, 2.24) is 0 Å². The largest absolute Gasteiger partial charge is 0.364 e. The first kappa shape index (κ1) is 14.1. The van der Waals surface area contributed by atoms with Crippen molar-refractivity contribution in [3.8, 4) is 0 Å². The van der Waals surface area contributed by atoms with E-state index in [0.29, 0.717) is 12.0 Å². The summed E-state index contributed by atoms with van der Waals surface area (Å²) in [6.07, 6.45) is 0. The van der Waals surface area contributed by atoms with Crippen molar-refractivity contribution < 1.29 is 0 Å². The van der Waals surface area contributed by atoms with E-state index in [4.69, 9.17) is 0 Å². The van der Waals surface area contributed by atoms with Crippen molar-refractivity contribution in [3.63, 3.8) is 0 Å². The molecule has 1 heteroatoms. The van der Waals surface area contributed by atoms with Gasteiger partial charge in [0.25, 0.3) is 0 Å². The van der Waals surface area contributed by atoms with Gasteiger partial charge in [-0.2, -0.15) is 0 Å². The van der Waals surface area contributed by atoms with Crippen molar-refractivity contribution in [2.45, 2.75) is 25.4 Å². The molecule has 0 unspecified atom stereocenters. The fraction of sp³-hybridized carbons (Fsp3) is 0.182. The number of para-hydroxylation sites is 1. The van der Waals surface area contributed by atoms with Crippen LogP contribution >= 0.6 is 0 Å². The standard InChI is InChI=1S/C22H21N/c1-17-22(18-10-4-2-5-11-18)21-15-9-8-12-19(21)16-23(17)20-13-6-3-7-14-20/h2-15,17,22H,16H2,1H3/t17-,22-/m0/s1. The molecule has 0 aromatic heterocycles. The number of fused-ring (bicyclic) bond motifs is 1. The maximum Gasteiger partial charge on any atom is 0.0435 e. The summed E-state index contributed by atoms with van der Waals surface area (Å²) in [4.78, 5) is 2.53. The molecular formula is C22H21N. The second-order valence-electron chi connectivity index (χ2n) is 6.29. The molecule has 3 aromatic rings. The maximum absolute atomic E-state index is 2.53. The molecule has 1 heterocycles. The summed E-state index contributed by atoms with van der Waals surface area (Å²) in [5, 5.41) is 0. The van der Waals surface area contributed by atoms with Crippen LogP contribution in [0, 0.1) is 0 Å². The first-order valence-electron chi connectivity index (χ1n) is 8.29. The molecule has 0 N–H and O–H groups in total. The van der Waals surface area contributed by atoms with E-state index in [1.165, 1.54) is 22.4 Å². The van der Waals surface area contributed by atoms with Crippen molar-refractivity contribution in [2.24, 2.45) is 0 Å². The summed E-state index contributed by atoms with van der Waals surface area (Å²) in [7, 11) is 0. The molecule has 0 saturated carbocycles. The second-order valence-corrected chi connectivity index (χ2v) is 6.29. The fourth-order valence-electron chi connectivity index (χ4n) is 3.81. The van der Waals surface area contributed by atoms with Gasteiger partial charge in [0.1, 0.15) is 0 Å². The number of anilines is 1. The molecule has 23 heavy (non-hydrogen) atoms. The van der Waals surface area contributed by atoms with E-state index >= 15 is 0 Å². The van der Waals surface area contributed by atoms with Crippen LogP contribution < -0.4 is 4.90 Å². The summed E-state index contributed by atoms with van der Waals surface area (Å²) in [5.74, 6) is 0.404. The van der Waals surface area contributed by atoms with Crippen LogP contribution in [0.25, 0.3) is 0 Å². The quantitative estimate of drug-likeness (QED) is 0.626. The molecule has 0 aliphatic carbocycles. The van der Waals surface area contributed by atoms with Crippen LogP contribution in [-0.2, 0) is 6.54 Å². The molecule has 0 radical (unpaired) electrons. The molecule has 1 aliphatic rings. The third kappa shape index (κ3) is 2.53. The van der Waals surface area contributed by atoms with Crippen molar-refractivity contribution in [3.05, 3.63) is 102 Å². The van der Waals surface area contributed by atoms with Crippen molar-refractivity contribution in [2.75, 3.05) is 4.90 Å². The number of rotatable bonds is 2. The summed E-state index contributed by atoms with van der Waals surface area (Å²) in [6, 6.07) is 31.0. The Hall–Kier alpha value is -2.54. The molecule has 0 fully saturated rings. The molecule has 0 spiro atoms. The van der Waals surface area contributed by atoms with Crippen LogP contribution in [0.3, 0.4) is 0 Å². The van der Waals surface area contributed by atoms with Gasteiger partial charge in [0, 0.05) is 24.2 Å². The first-order valence-corrected chi connectivity index (χ1v) is 8.29. The van der Waals surface area contributed by atoms with Crippen LogP contribution in [0.1, 0.15) is 29.5 Å². The molecule has 114 valence electrons. The highest BCUT2D eigenvalue weighted by atomic mass is 15.2. The van der Waals surface area contributed by atoms with Crippen LogP contribution in [0.15, 0.2) is 84.9 Å². The Morgan fingerprint density at radius 1 is 0.739 bits per heavy atom. The van der Waals surface area contributed by atoms with Gasteiger partial charge in [-0.1, -0.05) is 72.8 Å². The van der Waals surface area contributed by atoms with Gasteiger partial charge in [0.05, 0.1) is 0 Å². The number of benzene rings is 3. The zero-order valence-corrected chi connectivity index (χ0v) is 13.4. The van der Waals surface area contributed by atoms with Crippen molar-refractivity contribution in [1.29, 1.82) is 0 Å².